The maximum absolute atomic E-state index is 10.8. The first-order valence-corrected chi connectivity index (χ1v) is 4.13. The number of aromatic carboxylic acids is 1. The molecule has 76 valence electrons. The second kappa shape index (κ2) is 4.59. The molecule has 0 radical (unpaired) electrons. The Balaban J connectivity index is 3.17. The predicted octanol–water partition coefficient (Wildman–Crippen LogP) is 0.205. The monoisotopic (exact) mass is 196 g/mol. The molecule has 0 amide bonds. The summed E-state index contributed by atoms with van der Waals surface area (Å²) in [6.07, 6.45) is 0.376. The molecule has 0 fully saturated rings. The predicted molar refractivity (Wildman–Crippen MR) is 52.0 cm³/mol. The number of nitrogens with two attached hydrogens (primary N) is 1. The van der Waals surface area contributed by atoms with Gasteiger partial charge in [0, 0.05) is 6.61 Å². The van der Waals surface area contributed by atoms with E-state index in [0.717, 1.165) is 0 Å². The number of para-hydroxylation sites is 1. The Morgan fingerprint density at radius 2 is 2.21 bits per heavy atom. The lowest BCUT2D eigenvalue weighted by atomic mass is 10.1. The summed E-state index contributed by atoms with van der Waals surface area (Å²) in [7, 11) is 0. The summed E-state index contributed by atoms with van der Waals surface area (Å²) >= 11 is 0. The maximum Gasteiger partial charge on any atom is 0.337 e. The highest BCUT2D eigenvalue weighted by Gasteiger charge is 2.12. The number of rotatable bonds is 4. The zero-order chi connectivity index (χ0) is 10.6. The maximum atomic E-state index is 10.8. The summed E-state index contributed by atoms with van der Waals surface area (Å²) in [6.45, 7) is -0.0439. The number of carboxylic acid groups (broad SMARTS) is 1. The molecule has 1 aromatic carbocycles. The van der Waals surface area contributed by atoms with Gasteiger partial charge in [0.1, 0.15) is 0 Å². The summed E-state index contributed by atoms with van der Waals surface area (Å²) in [5, 5.41) is 17.6. The van der Waals surface area contributed by atoms with Crippen molar-refractivity contribution in [3.8, 4) is 0 Å². The fourth-order valence-corrected chi connectivity index (χ4v) is 1.28. The molecule has 0 spiro atoms. The summed E-state index contributed by atoms with van der Waals surface area (Å²) in [5.74, 6) is 4.18. The van der Waals surface area contributed by atoms with Gasteiger partial charge < -0.3 is 15.6 Å². The average molecular weight is 196 g/mol. The summed E-state index contributed by atoms with van der Waals surface area (Å²) < 4.78 is 0. The van der Waals surface area contributed by atoms with E-state index >= 15 is 0 Å². The molecule has 0 heterocycles. The molecule has 5 nitrogen and oxygen atoms in total. The van der Waals surface area contributed by atoms with Crippen LogP contribution in [0.3, 0.4) is 0 Å². The van der Waals surface area contributed by atoms with Crippen LogP contribution in [0, 0.1) is 0 Å². The molecule has 0 bridgehead atoms. The van der Waals surface area contributed by atoms with Crippen LogP contribution in [0.2, 0.25) is 0 Å². The molecule has 0 unspecified atom stereocenters. The smallest absolute Gasteiger partial charge is 0.337 e. The Labute approximate surface area is 81.1 Å². The number of benzene rings is 1. The van der Waals surface area contributed by atoms with Gasteiger partial charge in [-0.05, 0) is 18.1 Å². The van der Waals surface area contributed by atoms with Crippen LogP contribution in [0.5, 0.6) is 0 Å². The van der Waals surface area contributed by atoms with Gasteiger partial charge in [-0.2, -0.15) is 0 Å². The van der Waals surface area contributed by atoms with Crippen LogP contribution in [0.15, 0.2) is 18.2 Å². The molecule has 0 aromatic heterocycles. The van der Waals surface area contributed by atoms with Crippen molar-refractivity contribution in [1.29, 1.82) is 0 Å². The molecule has 5 N–H and O–H groups in total. The standard InChI is InChI=1S/C9H12N2O3/c10-11-8-6(4-5-12)2-1-3-7(8)9(13)14/h1-3,11-12H,4-5,10H2,(H,13,14). The van der Waals surface area contributed by atoms with E-state index in [9.17, 15) is 4.79 Å². The number of anilines is 1. The van der Waals surface area contributed by atoms with Crippen LogP contribution in [0.25, 0.3) is 0 Å². The van der Waals surface area contributed by atoms with E-state index < -0.39 is 5.97 Å². The lowest BCUT2D eigenvalue weighted by Gasteiger charge is -2.10. The van der Waals surface area contributed by atoms with E-state index in [1.807, 2.05) is 0 Å². The number of hydrogen-bond acceptors (Lipinski definition) is 4. The lowest BCUT2D eigenvalue weighted by Crippen LogP contribution is -2.14. The fraction of sp³-hybridized carbons (Fsp3) is 0.222. The van der Waals surface area contributed by atoms with Crippen LogP contribution in [0.4, 0.5) is 5.69 Å². The summed E-state index contributed by atoms with van der Waals surface area (Å²) in [6, 6.07) is 4.80. The number of nitrogens with one attached hydrogen (secondary N) is 1. The molecule has 0 atom stereocenters. The Kier molecular flexibility index (Phi) is 3.44. The van der Waals surface area contributed by atoms with E-state index in [1.165, 1.54) is 6.07 Å². The third-order valence-electron chi connectivity index (χ3n) is 1.91. The summed E-state index contributed by atoms with van der Waals surface area (Å²) in [4.78, 5) is 10.8. The number of hydrogen-bond donors (Lipinski definition) is 4. The molecule has 0 saturated carbocycles. The van der Waals surface area contributed by atoms with Gasteiger partial charge >= 0.3 is 5.97 Å². The van der Waals surface area contributed by atoms with Crippen LogP contribution in [0.1, 0.15) is 15.9 Å². The van der Waals surface area contributed by atoms with E-state index in [1.54, 1.807) is 12.1 Å². The third-order valence-corrected chi connectivity index (χ3v) is 1.91. The van der Waals surface area contributed by atoms with Crippen molar-refractivity contribution in [3.05, 3.63) is 29.3 Å². The number of aliphatic hydroxyl groups is 1. The van der Waals surface area contributed by atoms with Gasteiger partial charge in [-0.25, -0.2) is 4.79 Å². The first kappa shape index (κ1) is 10.5. The number of hydrazine groups is 1. The van der Waals surface area contributed by atoms with Gasteiger partial charge in [-0.1, -0.05) is 12.1 Å². The van der Waals surface area contributed by atoms with Crippen LogP contribution in [-0.4, -0.2) is 22.8 Å². The molecule has 5 heteroatoms. The second-order valence-electron chi connectivity index (χ2n) is 2.76. The quantitative estimate of drug-likeness (QED) is 0.407. The lowest BCUT2D eigenvalue weighted by molar-refractivity contribution is 0.0697. The van der Waals surface area contributed by atoms with Crippen molar-refractivity contribution in [3.63, 3.8) is 0 Å². The second-order valence-corrected chi connectivity index (χ2v) is 2.76. The van der Waals surface area contributed by atoms with Crippen molar-refractivity contribution in [2.75, 3.05) is 12.0 Å². The topological polar surface area (TPSA) is 95.6 Å². The van der Waals surface area contributed by atoms with E-state index in [-0.39, 0.29) is 12.2 Å². The third kappa shape index (κ3) is 2.01. The largest absolute Gasteiger partial charge is 0.478 e. The Morgan fingerprint density at radius 1 is 1.50 bits per heavy atom. The molecule has 1 rings (SSSR count). The van der Waals surface area contributed by atoms with Gasteiger partial charge in [0.25, 0.3) is 0 Å². The molecule has 1 aromatic rings. The molecule has 0 aliphatic heterocycles. The molecule has 0 aliphatic carbocycles. The van der Waals surface area contributed by atoms with Crippen molar-refractivity contribution >= 4 is 11.7 Å². The highest BCUT2D eigenvalue weighted by Crippen LogP contribution is 2.20. The van der Waals surface area contributed by atoms with Crippen molar-refractivity contribution < 1.29 is 15.0 Å². The van der Waals surface area contributed by atoms with Crippen molar-refractivity contribution in [1.82, 2.24) is 0 Å². The first-order valence-electron chi connectivity index (χ1n) is 4.13. The minimum absolute atomic E-state index is 0.0439. The number of nitrogen functional groups attached to an aromatic ring is 1. The zero-order valence-corrected chi connectivity index (χ0v) is 7.53. The van der Waals surface area contributed by atoms with E-state index in [4.69, 9.17) is 16.1 Å². The molecule has 0 aliphatic rings. The first-order chi connectivity index (χ1) is 6.70. The SMILES string of the molecule is NNc1c(CCO)cccc1C(=O)O. The summed E-state index contributed by atoms with van der Waals surface area (Å²) in [5.41, 5.74) is 3.49. The van der Waals surface area contributed by atoms with E-state index in [0.29, 0.717) is 17.7 Å². The average Bonchev–Trinajstić information content (AvgIpc) is 2.18. The van der Waals surface area contributed by atoms with Gasteiger partial charge in [0.05, 0.1) is 11.3 Å². The Morgan fingerprint density at radius 3 is 2.71 bits per heavy atom. The fourth-order valence-electron chi connectivity index (χ4n) is 1.28. The minimum atomic E-state index is -1.04. The molecular weight excluding hydrogens is 184 g/mol. The minimum Gasteiger partial charge on any atom is -0.478 e. The van der Waals surface area contributed by atoms with Crippen molar-refractivity contribution in [2.24, 2.45) is 5.84 Å². The molecule has 14 heavy (non-hydrogen) atoms. The van der Waals surface area contributed by atoms with Gasteiger partial charge in [-0.3, -0.25) is 5.84 Å². The Hall–Kier alpha value is -1.59. The van der Waals surface area contributed by atoms with Crippen molar-refractivity contribution in [2.45, 2.75) is 6.42 Å². The highest BCUT2D eigenvalue weighted by atomic mass is 16.4. The van der Waals surface area contributed by atoms with Gasteiger partial charge in [0.15, 0.2) is 0 Å². The molecule has 0 saturated heterocycles. The van der Waals surface area contributed by atoms with Gasteiger partial charge in [-0.15, -0.1) is 0 Å². The molecular formula is C9H12N2O3. The van der Waals surface area contributed by atoms with Crippen LogP contribution >= 0.6 is 0 Å². The number of carboxylic acids is 1. The zero-order valence-electron chi connectivity index (χ0n) is 7.53. The van der Waals surface area contributed by atoms with Crippen LogP contribution < -0.4 is 11.3 Å². The Bertz CT molecular complexity index is 339. The number of aliphatic hydroxyl groups excluding tert-OH is 1. The van der Waals surface area contributed by atoms with Gasteiger partial charge in [0.2, 0.25) is 0 Å². The highest BCUT2D eigenvalue weighted by molar-refractivity contribution is 5.95. The number of carbonyl (C=O) groups is 1. The normalized spacial score (nSPS) is 9.86. The van der Waals surface area contributed by atoms with Crippen LogP contribution in [-0.2, 0) is 6.42 Å². The van der Waals surface area contributed by atoms with E-state index in [2.05, 4.69) is 5.43 Å².